The minimum Gasteiger partial charge on any atom is -0.375 e. The normalized spacial score (nSPS) is 34.0. The molecule has 2 N–H and O–H groups in total. The van der Waals surface area contributed by atoms with Crippen molar-refractivity contribution in [3.63, 3.8) is 0 Å². The lowest BCUT2D eigenvalue weighted by Gasteiger charge is -2.39. The number of nitriles is 1. The van der Waals surface area contributed by atoms with Gasteiger partial charge in [0, 0.05) is 19.1 Å². The van der Waals surface area contributed by atoms with E-state index in [-0.39, 0.29) is 12.1 Å². The van der Waals surface area contributed by atoms with Gasteiger partial charge in [0.05, 0.1) is 25.2 Å². The summed E-state index contributed by atoms with van der Waals surface area (Å²) in [6.45, 7) is 4.54. The molecule has 4 nitrogen and oxygen atoms in total. The van der Waals surface area contributed by atoms with Gasteiger partial charge < -0.3 is 15.4 Å². The van der Waals surface area contributed by atoms with Gasteiger partial charge in [-0.25, -0.2) is 0 Å². The Morgan fingerprint density at radius 1 is 1.57 bits per heavy atom. The fourth-order valence-electron chi connectivity index (χ4n) is 2.08. The average Bonchev–Trinajstić information content (AvgIpc) is 2.09. The molecule has 0 amide bonds. The lowest BCUT2D eigenvalue weighted by atomic mass is 9.93. The zero-order chi connectivity index (χ0) is 10.6. The van der Waals surface area contributed by atoms with Gasteiger partial charge in [-0.1, -0.05) is 6.92 Å². The molecule has 0 aromatic rings. The van der Waals surface area contributed by atoms with Gasteiger partial charge in [-0.15, -0.1) is 0 Å². The van der Waals surface area contributed by atoms with Crippen molar-refractivity contribution >= 4 is 0 Å². The summed E-state index contributed by atoms with van der Waals surface area (Å²) in [5, 5.41) is 8.40. The molecule has 1 aliphatic rings. The lowest BCUT2D eigenvalue weighted by Crippen LogP contribution is -2.55. The van der Waals surface area contributed by atoms with Crippen molar-refractivity contribution in [1.29, 1.82) is 5.26 Å². The molecule has 1 rings (SSSR count). The number of likely N-dealkylation sites (tertiary alicyclic amines) is 1. The molecule has 0 bridgehead atoms. The molecule has 14 heavy (non-hydrogen) atoms. The van der Waals surface area contributed by atoms with Crippen LogP contribution in [-0.2, 0) is 4.74 Å². The van der Waals surface area contributed by atoms with Crippen LogP contribution in [0.2, 0.25) is 0 Å². The Labute approximate surface area is 85.6 Å². The van der Waals surface area contributed by atoms with E-state index in [1.54, 1.807) is 0 Å². The van der Waals surface area contributed by atoms with Crippen molar-refractivity contribution in [1.82, 2.24) is 4.90 Å². The predicted octanol–water partition coefficient (Wildman–Crippen LogP) is 0.194. The van der Waals surface area contributed by atoms with Crippen molar-refractivity contribution in [2.45, 2.75) is 25.5 Å². The van der Waals surface area contributed by atoms with E-state index in [1.807, 2.05) is 0 Å². The van der Waals surface area contributed by atoms with Gasteiger partial charge in [0.2, 0.25) is 0 Å². The SMILES string of the molecule is C[C@H]1CN(C)C[C@@H](N)[C@H]1OCCC#N. The van der Waals surface area contributed by atoms with Crippen LogP contribution < -0.4 is 5.73 Å². The van der Waals surface area contributed by atoms with Crippen LogP contribution in [0.15, 0.2) is 0 Å². The maximum Gasteiger partial charge on any atom is 0.0776 e. The highest BCUT2D eigenvalue weighted by atomic mass is 16.5. The van der Waals surface area contributed by atoms with E-state index in [1.165, 1.54) is 0 Å². The molecule has 80 valence electrons. The molecule has 1 saturated heterocycles. The summed E-state index contributed by atoms with van der Waals surface area (Å²) in [5.41, 5.74) is 5.99. The Balaban J connectivity index is 2.38. The van der Waals surface area contributed by atoms with E-state index in [2.05, 4.69) is 24.9 Å². The number of nitrogens with two attached hydrogens (primary N) is 1. The third kappa shape index (κ3) is 2.95. The maximum absolute atomic E-state index is 8.40. The van der Waals surface area contributed by atoms with Gasteiger partial charge >= 0.3 is 0 Å². The fourth-order valence-corrected chi connectivity index (χ4v) is 2.08. The Morgan fingerprint density at radius 2 is 2.29 bits per heavy atom. The van der Waals surface area contributed by atoms with Crippen molar-refractivity contribution in [2.75, 3.05) is 26.7 Å². The maximum atomic E-state index is 8.40. The number of hydrogen-bond acceptors (Lipinski definition) is 4. The van der Waals surface area contributed by atoms with Crippen LogP contribution in [0, 0.1) is 17.2 Å². The van der Waals surface area contributed by atoms with Crippen LogP contribution in [0.3, 0.4) is 0 Å². The highest BCUT2D eigenvalue weighted by Crippen LogP contribution is 2.18. The van der Waals surface area contributed by atoms with Crippen molar-refractivity contribution in [2.24, 2.45) is 11.7 Å². The summed E-state index contributed by atoms with van der Waals surface area (Å²) in [5.74, 6) is 0.447. The highest BCUT2D eigenvalue weighted by Gasteiger charge is 2.31. The van der Waals surface area contributed by atoms with Gasteiger partial charge in [-0.05, 0) is 13.0 Å². The number of piperidine rings is 1. The second-order valence-corrected chi connectivity index (χ2v) is 4.11. The number of hydrogen-bond donors (Lipinski definition) is 1. The lowest BCUT2D eigenvalue weighted by molar-refractivity contribution is -0.0335. The van der Waals surface area contributed by atoms with Crippen LogP contribution >= 0.6 is 0 Å². The molecule has 4 heteroatoms. The second-order valence-electron chi connectivity index (χ2n) is 4.11. The van der Waals surface area contributed by atoms with Gasteiger partial charge in [-0.2, -0.15) is 5.26 Å². The number of ether oxygens (including phenoxy) is 1. The summed E-state index contributed by atoms with van der Waals surface area (Å²) in [6, 6.07) is 2.14. The molecule has 1 aliphatic heterocycles. The van der Waals surface area contributed by atoms with Crippen molar-refractivity contribution < 1.29 is 4.74 Å². The first-order valence-corrected chi connectivity index (χ1v) is 5.08. The summed E-state index contributed by atoms with van der Waals surface area (Å²) >= 11 is 0. The molecule has 0 aromatic heterocycles. The molecule has 0 spiro atoms. The van der Waals surface area contributed by atoms with Crippen LogP contribution in [-0.4, -0.2) is 43.8 Å². The zero-order valence-electron chi connectivity index (χ0n) is 8.94. The third-order valence-electron chi connectivity index (χ3n) is 2.63. The standard InChI is InChI=1S/C10H19N3O/c1-8-6-13(2)7-9(12)10(8)14-5-3-4-11/h8-10H,3,5-7,12H2,1-2H3/t8-,9+,10-/m0/s1. The smallest absolute Gasteiger partial charge is 0.0776 e. The van der Waals surface area contributed by atoms with Gasteiger partial charge in [-0.3, -0.25) is 0 Å². The van der Waals surface area contributed by atoms with E-state index in [0.717, 1.165) is 13.1 Å². The summed E-state index contributed by atoms with van der Waals surface area (Å²) in [7, 11) is 2.07. The molecule has 1 heterocycles. The molecule has 0 aliphatic carbocycles. The molecule has 3 atom stereocenters. The van der Waals surface area contributed by atoms with Crippen molar-refractivity contribution in [3.05, 3.63) is 0 Å². The van der Waals surface area contributed by atoms with Crippen LogP contribution in [0.5, 0.6) is 0 Å². The first-order valence-electron chi connectivity index (χ1n) is 5.08. The number of rotatable bonds is 3. The Bertz CT molecular complexity index is 202. The quantitative estimate of drug-likeness (QED) is 0.656. The average molecular weight is 197 g/mol. The highest BCUT2D eigenvalue weighted by molar-refractivity contribution is 4.87. The summed E-state index contributed by atoms with van der Waals surface area (Å²) in [4.78, 5) is 2.22. The Hall–Kier alpha value is -0.630. The van der Waals surface area contributed by atoms with Gasteiger partial charge in [0.25, 0.3) is 0 Å². The largest absolute Gasteiger partial charge is 0.375 e. The summed E-state index contributed by atoms with van der Waals surface area (Å²) in [6.07, 6.45) is 0.561. The van der Waals surface area contributed by atoms with Crippen LogP contribution in [0.4, 0.5) is 0 Å². The molecule has 0 unspecified atom stereocenters. The van der Waals surface area contributed by atoms with Crippen molar-refractivity contribution in [3.8, 4) is 6.07 Å². The second kappa shape index (κ2) is 5.30. The number of nitrogens with zero attached hydrogens (tertiary/aromatic N) is 2. The van der Waals surface area contributed by atoms with E-state index < -0.39 is 0 Å². The predicted molar refractivity (Wildman–Crippen MR) is 54.6 cm³/mol. The zero-order valence-corrected chi connectivity index (χ0v) is 8.94. The topological polar surface area (TPSA) is 62.3 Å². The van der Waals surface area contributed by atoms with Gasteiger partial charge in [0.1, 0.15) is 0 Å². The monoisotopic (exact) mass is 197 g/mol. The first kappa shape index (κ1) is 11.4. The molecule has 0 radical (unpaired) electrons. The minimum atomic E-state index is 0.0717. The molecule has 0 saturated carbocycles. The summed E-state index contributed by atoms with van der Waals surface area (Å²) < 4.78 is 5.62. The van der Waals surface area contributed by atoms with E-state index in [9.17, 15) is 0 Å². The van der Waals surface area contributed by atoms with E-state index >= 15 is 0 Å². The minimum absolute atomic E-state index is 0.0717. The van der Waals surface area contributed by atoms with Crippen LogP contribution in [0.25, 0.3) is 0 Å². The molecule has 0 aromatic carbocycles. The van der Waals surface area contributed by atoms with E-state index in [0.29, 0.717) is 18.9 Å². The Kier molecular flexibility index (Phi) is 4.33. The number of likely N-dealkylation sites (N-methyl/N-ethyl adjacent to an activating group) is 1. The molecule has 1 fully saturated rings. The first-order chi connectivity index (χ1) is 6.65. The fraction of sp³-hybridized carbons (Fsp3) is 0.900. The molecular weight excluding hydrogens is 178 g/mol. The van der Waals surface area contributed by atoms with Crippen LogP contribution in [0.1, 0.15) is 13.3 Å². The molecular formula is C10H19N3O. The third-order valence-corrected chi connectivity index (χ3v) is 2.63. The Morgan fingerprint density at radius 3 is 2.86 bits per heavy atom. The van der Waals surface area contributed by atoms with E-state index in [4.69, 9.17) is 15.7 Å². The van der Waals surface area contributed by atoms with Gasteiger partial charge in [0.15, 0.2) is 0 Å².